The van der Waals surface area contributed by atoms with E-state index in [-0.39, 0.29) is 35.8 Å². The highest BCUT2D eigenvalue weighted by Gasteiger charge is 2.78. The number of aliphatic hydroxyl groups excluding tert-OH is 1. The lowest BCUT2D eigenvalue weighted by atomic mass is 9.44. The number of Topliss-reactive ketones (excluding diaryl/α,β-unsaturated/α-hetero) is 1. The van der Waals surface area contributed by atoms with Crippen LogP contribution in [0.15, 0.2) is 41.5 Å². The van der Waals surface area contributed by atoms with Crippen LogP contribution in [0.5, 0.6) is 0 Å². The molecule has 10 nitrogen and oxygen atoms in total. The van der Waals surface area contributed by atoms with Crippen LogP contribution >= 0.6 is 0 Å². The van der Waals surface area contributed by atoms with E-state index in [1.807, 2.05) is 27.7 Å². The van der Waals surface area contributed by atoms with E-state index in [0.717, 1.165) is 18.1 Å². The molecule has 1 aliphatic heterocycles. The number of fused-ring (bicyclic) bond motifs is 5. The Kier molecular flexibility index (Phi) is 11.1. The minimum absolute atomic E-state index is 0.0686. The Morgan fingerprint density at radius 2 is 1.58 bits per heavy atom. The molecule has 296 valence electrons. The van der Waals surface area contributed by atoms with Gasteiger partial charge in [0.2, 0.25) is 0 Å². The summed E-state index contributed by atoms with van der Waals surface area (Å²) in [6.45, 7) is 25.6. The van der Waals surface area contributed by atoms with Crippen molar-refractivity contribution in [1.82, 2.24) is 0 Å². The lowest BCUT2D eigenvalue weighted by Crippen LogP contribution is -2.82. The van der Waals surface area contributed by atoms with Gasteiger partial charge in [0, 0.05) is 25.2 Å². The maximum absolute atomic E-state index is 16.3. The predicted molar refractivity (Wildman–Crippen MR) is 207 cm³/mol. The molecule has 4 aliphatic rings. The lowest BCUT2D eigenvalue weighted by Gasteiger charge is -2.68. The van der Waals surface area contributed by atoms with E-state index < -0.39 is 87.0 Å². The first-order valence-electron chi connectivity index (χ1n) is 19.5. The fourth-order valence-electron chi connectivity index (χ4n) is 9.67. The average molecular weight is 773 g/mol. The Bertz CT molecular complexity index is 1610. The van der Waals surface area contributed by atoms with E-state index in [0.29, 0.717) is 11.1 Å². The molecule has 0 aromatic heterocycles. The summed E-state index contributed by atoms with van der Waals surface area (Å²) in [7, 11) is -5.19. The summed E-state index contributed by atoms with van der Waals surface area (Å²) >= 11 is 0. The van der Waals surface area contributed by atoms with Crippen LogP contribution in [0.2, 0.25) is 36.3 Å². The molecule has 1 aromatic carbocycles. The molecular formula is C41H64O10Si2. The van der Waals surface area contributed by atoms with Crippen molar-refractivity contribution in [3.8, 4) is 0 Å². The van der Waals surface area contributed by atoms with Crippen molar-refractivity contribution in [2.45, 2.75) is 167 Å². The molecule has 53 heavy (non-hydrogen) atoms. The quantitative estimate of drug-likeness (QED) is 0.143. The van der Waals surface area contributed by atoms with Gasteiger partial charge in [-0.2, -0.15) is 0 Å². The smallest absolute Gasteiger partial charge is 0.338 e. The normalized spacial score (nSPS) is 35.6. The zero-order valence-corrected chi connectivity index (χ0v) is 36.3. The van der Waals surface area contributed by atoms with Crippen molar-refractivity contribution in [3.63, 3.8) is 0 Å². The van der Waals surface area contributed by atoms with E-state index in [1.165, 1.54) is 6.92 Å². The molecule has 3 fully saturated rings. The number of hydrogen-bond acceptors (Lipinski definition) is 10. The zero-order chi connectivity index (χ0) is 39.7. The van der Waals surface area contributed by atoms with Crippen molar-refractivity contribution < 1.29 is 47.7 Å². The summed E-state index contributed by atoms with van der Waals surface area (Å²) in [5.41, 5.74) is -4.90. The van der Waals surface area contributed by atoms with Crippen molar-refractivity contribution in [2.75, 3.05) is 6.61 Å². The molecule has 0 spiro atoms. The summed E-state index contributed by atoms with van der Waals surface area (Å²) in [4.78, 5) is 43.8. The molecule has 5 rings (SSSR count). The molecule has 9 atom stereocenters. The second kappa shape index (κ2) is 14.1. The zero-order valence-electron chi connectivity index (χ0n) is 34.3. The topological polar surface area (TPSA) is 138 Å². The average Bonchev–Trinajstić information content (AvgIpc) is 3.07. The van der Waals surface area contributed by atoms with E-state index in [2.05, 4.69) is 54.6 Å². The summed E-state index contributed by atoms with van der Waals surface area (Å²) in [6, 6.07) is 10.8. The maximum Gasteiger partial charge on any atom is 0.338 e. The SMILES string of the molecule is CC[Si](CC)(CC)O[C@H]1C(=O)[C@@]2(C)C([C@H](OC(=O)c3ccccc3)[C@]3(O)C[C@H](O)C(C)=C1C3(C)C)[C@]1(OC(C)=O)CO[C@@H]1C[C@@H]2O[Si](C)(C)C(C)(C)C. The van der Waals surface area contributed by atoms with E-state index in [1.54, 1.807) is 30.3 Å². The van der Waals surface area contributed by atoms with Crippen molar-refractivity contribution >= 4 is 34.4 Å². The molecule has 1 unspecified atom stereocenters. The molecule has 1 heterocycles. The number of hydrogen-bond donors (Lipinski definition) is 2. The van der Waals surface area contributed by atoms with Crippen molar-refractivity contribution in [3.05, 3.63) is 47.0 Å². The fourth-order valence-corrected chi connectivity index (χ4v) is 13.8. The second-order valence-corrected chi connectivity index (χ2v) is 27.9. The van der Waals surface area contributed by atoms with Crippen LogP contribution in [0.4, 0.5) is 0 Å². The highest BCUT2D eigenvalue weighted by atomic mass is 28.4. The standard InChI is InChI=1S/C41H64O10Si2/c1-14-53(15-2,16-3)51-32-31-25(4)28(43)23-41(46,38(31,9)10)35(48-36(45)27-20-18-17-19-21-27)33-39(11,34(32)44)29(50-52(12,13)37(6,7)8)22-30-40(33,24-47-30)49-26(5)42/h17-21,28-30,32-33,35,43,46H,14-16,22-24H2,1-13H3/t28-,29-,30+,32+,33?,35-,39+,40-,41+/m0/s1. The molecule has 1 aromatic rings. The van der Waals surface area contributed by atoms with Crippen LogP contribution in [0.1, 0.15) is 99.4 Å². The molecule has 3 aliphatic carbocycles. The number of aliphatic hydroxyl groups is 2. The number of esters is 2. The van der Waals surface area contributed by atoms with Gasteiger partial charge in [0.05, 0.1) is 35.7 Å². The minimum Gasteiger partial charge on any atom is -0.455 e. The largest absolute Gasteiger partial charge is 0.455 e. The molecular weight excluding hydrogens is 709 g/mol. The number of benzene rings is 1. The highest BCUT2D eigenvalue weighted by Crippen LogP contribution is 2.65. The highest BCUT2D eigenvalue weighted by molar-refractivity contribution is 6.74. The molecule has 1 saturated heterocycles. The molecule has 2 bridgehead atoms. The number of carbonyl (C=O) groups is 3. The first-order chi connectivity index (χ1) is 24.4. The van der Waals surface area contributed by atoms with Crippen LogP contribution in [-0.2, 0) is 32.7 Å². The Labute approximate surface area is 318 Å². The lowest BCUT2D eigenvalue weighted by molar-refractivity contribution is -0.344. The van der Waals surface area contributed by atoms with Gasteiger partial charge in [0.1, 0.15) is 23.9 Å². The van der Waals surface area contributed by atoms with Crippen LogP contribution in [-0.4, -0.2) is 92.9 Å². The van der Waals surface area contributed by atoms with Gasteiger partial charge in [-0.25, -0.2) is 4.79 Å². The van der Waals surface area contributed by atoms with Crippen molar-refractivity contribution in [1.29, 1.82) is 0 Å². The van der Waals surface area contributed by atoms with Gasteiger partial charge in [-0.05, 0) is 73.4 Å². The number of carbonyl (C=O) groups excluding carboxylic acids is 3. The van der Waals surface area contributed by atoms with Gasteiger partial charge in [0.25, 0.3) is 0 Å². The number of ether oxygens (including phenoxy) is 3. The summed E-state index contributed by atoms with van der Waals surface area (Å²) in [5.74, 6) is -2.72. The Morgan fingerprint density at radius 1 is 1.00 bits per heavy atom. The van der Waals surface area contributed by atoms with E-state index >= 15 is 4.79 Å². The monoisotopic (exact) mass is 772 g/mol. The molecule has 2 saturated carbocycles. The van der Waals surface area contributed by atoms with Crippen LogP contribution in [0.25, 0.3) is 0 Å². The number of rotatable bonds is 10. The van der Waals surface area contributed by atoms with Crippen LogP contribution in [0.3, 0.4) is 0 Å². The Morgan fingerprint density at radius 3 is 2.08 bits per heavy atom. The summed E-state index contributed by atoms with van der Waals surface area (Å²) < 4.78 is 33.8. The van der Waals surface area contributed by atoms with Gasteiger partial charge in [0.15, 0.2) is 28.0 Å². The minimum atomic E-state index is -2.62. The van der Waals surface area contributed by atoms with Gasteiger partial charge in [-0.1, -0.05) is 73.6 Å². The predicted octanol–water partition coefficient (Wildman–Crippen LogP) is 7.14. The second-order valence-electron chi connectivity index (χ2n) is 18.4. The van der Waals surface area contributed by atoms with Gasteiger partial charge in [-0.3, -0.25) is 9.59 Å². The summed E-state index contributed by atoms with van der Waals surface area (Å²) in [5, 5.41) is 25.2. The Hall–Kier alpha value is -2.20. The summed E-state index contributed by atoms with van der Waals surface area (Å²) in [6.07, 6.45) is -5.22. The van der Waals surface area contributed by atoms with Crippen molar-refractivity contribution in [2.24, 2.45) is 16.7 Å². The van der Waals surface area contributed by atoms with Gasteiger partial charge in [-0.15, -0.1) is 0 Å². The fraction of sp³-hybridized carbons (Fsp3) is 0.732. The van der Waals surface area contributed by atoms with E-state index in [9.17, 15) is 19.8 Å². The first kappa shape index (κ1) is 42.0. The first-order valence-corrected chi connectivity index (χ1v) is 25.0. The van der Waals surface area contributed by atoms with Crippen LogP contribution in [0, 0.1) is 16.7 Å². The maximum atomic E-state index is 16.3. The number of ketones is 1. The van der Waals surface area contributed by atoms with E-state index in [4.69, 9.17) is 23.1 Å². The molecule has 0 amide bonds. The van der Waals surface area contributed by atoms with Gasteiger partial charge >= 0.3 is 11.9 Å². The van der Waals surface area contributed by atoms with Crippen LogP contribution < -0.4 is 0 Å². The Balaban J connectivity index is 1.91. The third-order valence-corrected chi connectivity index (χ3v) is 23.5. The third kappa shape index (κ3) is 6.45. The molecule has 12 heteroatoms. The molecule has 0 radical (unpaired) electrons. The van der Waals surface area contributed by atoms with Gasteiger partial charge < -0.3 is 33.3 Å². The third-order valence-electron chi connectivity index (χ3n) is 14.4. The molecule has 2 N–H and O–H groups in total.